The number of hydrogen-bond donors (Lipinski definition) is 1. The van der Waals surface area contributed by atoms with E-state index in [1.165, 1.54) is 36.4 Å². The number of fused-ring (bicyclic) bond motifs is 1. The molecule has 0 bridgehead atoms. The van der Waals surface area contributed by atoms with Gasteiger partial charge in [0.25, 0.3) is 11.6 Å². The van der Waals surface area contributed by atoms with Crippen molar-refractivity contribution in [3.8, 4) is 5.75 Å². The Morgan fingerprint density at radius 1 is 1.35 bits per heavy atom. The smallest absolute Gasteiger partial charge is 0.271 e. The van der Waals surface area contributed by atoms with Crippen molar-refractivity contribution in [3.63, 3.8) is 0 Å². The van der Waals surface area contributed by atoms with Gasteiger partial charge in [-0.2, -0.15) is 0 Å². The standard InChI is InChI=1S/C17H14FN3O5/c1-10-2-3-11(6-13(10)18)19-16(22)8-20-14-7-12(21(24)25)4-5-15(14)26-9-17(20)23/h2-7H,8-9H2,1H3,(H,19,22). The second kappa shape index (κ2) is 6.79. The zero-order valence-corrected chi connectivity index (χ0v) is 13.7. The number of hydrogen-bond acceptors (Lipinski definition) is 5. The third-order valence-corrected chi connectivity index (χ3v) is 3.85. The van der Waals surface area contributed by atoms with Crippen molar-refractivity contribution in [1.29, 1.82) is 0 Å². The van der Waals surface area contributed by atoms with Crippen LogP contribution in [0.25, 0.3) is 0 Å². The molecular weight excluding hydrogens is 345 g/mol. The molecule has 0 aromatic heterocycles. The van der Waals surface area contributed by atoms with E-state index in [-0.39, 0.29) is 36.0 Å². The van der Waals surface area contributed by atoms with Gasteiger partial charge in [0, 0.05) is 17.8 Å². The summed E-state index contributed by atoms with van der Waals surface area (Å²) in [5, 5.41) is 13.4. The van der Waals surface area contributed by atoms with Crippen LogP contribution in [0, 0.1) is 22.9 Å². The summed E-state index contributed by atoms with van der Waals surface area (Å²) in [7, 11) is 0. The van der Waals surface area contributed by atoms with E-state index >= 15 is 0 Å². The number of carbonyl (C=O) groups excluding carboxylic acids is 2. The summed E-state index contributed by atoms with van der Waals surface area (Å²) >= 11 is 0. The summed E-state index contributed by atoms with van der Waals surface area (Å²) in [5.74, 6) is -1.28. The van der Waals surface area contributed by atoms with Crippen LogP contribution in [0.5, 0.6) is 5.75 Å². The summed E-state index contributed by atoms with van der Waals surface area (Å²) in [6.07, 6.45) is 0. The van der Waals surface area contributed by atoms with E-state index < -0.39 is 22.6 Å². The number of rotatable bonds is 4. The summed E-state index contributed by atoms with van der Waals surface area (Å²) in [5.41, 5.74) is 0.597. The van der Waals surface area contributed by atoms with Crippen LogP contribution in [0.4, 0.5) is 21.5 Å². The minimum absolute atomic E-state index is 0.140. The van der Waals surface area contributed by atoms with E-state index in [0.29, 0.717) is 5.56 Å². The van der Waals surface area contributed by atoms with Crippen LogP contribution in [0.2, 0.25) is 0 Å². The van der Waals surface area contributed by atoms with Gasteiger partial charge in [-0.25, -0.2) is 4.39 Å². The highest BCUT2D eigenvalue weighted by molar-refractivity contribution is 6.05. The second-order valence-electron chi connectivity index (χ2n) is 5.69. The van der Waals surface area contributed by atoms with Gasteiger partial charge in [0.15, 0.2) is 6.61 Å². The molecule has 0 unspecified atom stereocenters. The number of amides is 2. The van der Waals surface area contributed by atoms with Crippen molar-refractivity contribution in [2.45, 2.75) is 6.92 Å². The van der Waals surface area contributed by atoms with Crippen molar-refractivity contribution >= 4 is 28.9 Å². The SMILES string of the molecule is Cc1ccc(NC(=O)CN2C(=O)COc3ccc([N+](=O)[O-])cc32)cc1F. The van der Waals surface area contributed by atoms with Crippen LogP contribution in [-0.4, -0.2) is 29.9 Å². The highest BCUT2D eigenvalue weighted by Crippen LogP contribution is 2.35. The lowest BCUT2D eigenvalue weighted by atomic mass is 10.2. The zero-order valence-electron chi connectivity index (χ0n) is 13.7. The third-order valence-electron chi connectivity index (χ3n) is 3.85. The van der Waals surface area contributed by atoms with Crippen LogP contribution in [0.15, 0.2) is 36.4 Å². The molecule has 0 atom stereocenters. The number of anilines is 2. The van der Waals surface area contributed by atoms with Crippen LogP contribution in [-0.2, 0) is 9.59 Å². The molecule has 8 nitrogen and oxygen atoms in total. The molecule has 0 saturated carbocycles. The van der Waals surface area contributed by atoms with Crippen LogP contribution < -0.4 is 15.0 Å². The summed E-state index contributed by atoms with van der Waals surface area (Å²) in [6, 6.07) is 8.03. The van der Waals surface area contributed by atoms with E-state index in [2.05, 4.69) is 5.32 Å². The number of nitrogens with zero attached hydrogens (tertiary/aromatic N) is 2. The largest absolute Gasteiger partial charge is 0.482 e. The molecule has 9 heteroatoms. The van der Waals surface area contributed by atoms with Gasteiger partial charge >= 0.3 is 0 Å². The molecule has 2 aromatic rings. The van der Waals surface area contributed by atoms with Crippen LogP contribution in [0.3, 0.4) is 0 Å². The number of nitro groups is 1. The van der Waals surface area contributed by atoms with Gasteiger partial charge in [-0.1, -0.05) is 6.07 Å². The van der Waals surface area contributed by atoms with Crippen molar-refractivity contribution in [1.82, 2.24) is 0 Å². The number of halogens is 1. The lowest BCUT2D eigenvalue weighted by Gasteiger charge is -2.28. The van der Waals surface area contributed by atoms with Crippen molar-refractivity contribution in [2.24, 2.45) is 0 Å². The van der Waals surface area contributed by atoms with Gasteiger partial charge in [0.1, 0.15) is 18.1 Å². The fourth-order valence-electron chi connectivity index (χ4n) is 2.49. The topological polar surface area (TPSA) is 102 Å². The number of carbonyl (C=O) groups is 2. The maximum atomic E-state index is 13.6. The molecule has 2 aromatic carbocycles. The first kappa shape index (κ1) is 17.3. The van der Waals surface area contributed by atoms with E-state index in [1.54, 1.807) is 6.92 Å². The Morgan fingerprint density at radius 2 is 2.12 bits per heavy atom. The van der Waals surface area contributed by atoms with Crippen molar-refractivity contribution < 1.29 is 23.6 Å². The summed E-state index contributed by atoms with van der Waals surface area (Å²) in [4.78, 5) is 35.8. The Hall–Kier alpha value is -3.49. The Morgan fingerprint density at radius 3 is 2.81 bits per heavy atom. The van der Waals surface area contributed by atoms with E-state index in [0.717, 1.165) is 4.90 Å². The highest BCUT2D eigenvalue weighted by atomic mass is 19.1. The monoisotopic (exact) mass is 359 g/mol. The number of ether oxygens (including phenoxy) is 1. The normalized spacial score (nSPS) is 13.0. The minimum atomic E-state index is -0.604. The average Bonchev–Trinajstić information content (AvgIpc) is 2.60. The third kappa shape index (κ3) is 3.46. The molecule has 0 spiro atoms. The fourth-order valence-corrected chi connectivity index (χ4v) is 2.49. The van der Waals surface area contributed by atoms with Gasteiger partial charge in [-0.05, 0) is 30.7 Å². The van der Waals surface area contributed by atoms with E-state index in [9.17, 15) is 24.1 Å². The maximum Gasteiger partial charge on any atom is 0.271 e. The second-order valence-corrected chi connectivity index (χ2v) is 5.69. The number of nitro benzene ring substituents is 1. The molecular formula is C17H14FN3O5. The first-order chi connectivity index (χ1) is 12.3. The number of nitrogens with one attached hydrogen (secondary N) is 1. The average molecular weight is 359 g/mol. The molecule has 0 saturated heterocycles. The first-order valence-corrected chi connectivity index (χ1v) is 7.63. The minimum Gasteiger partial charge on any atom is -0.482 e. The molecule has 26 heavy (non-hydrogen) atoms. The number of non-ortho nitro benzene ring substituents is 1. The van der Waals surface area contributed by atoms with Crippen LogP contribution >= 0.6 is 0 Å². The summed E-state index contributed by atoms with van der Waals surface area (Å²) in [6.45, 7) is 0.931. The maximum absolute atomic E-state index is 13.6. The zero-order chi connectivity index (χ0) is 18.8. The molecule has 1 aliphatic rings. The lowest BCUT2D eigenvalue weighted by molar-refractivity contribution is -0.384. The molecule has 1 heterocycles. The molecule has 2 amide bonds. The molecule has 0 radical (unpaired) electrons. The van der Waals surface area contributed by atoms with Crippen LogP contribution in [0.1, 0.15) is 5.56 Å². The summed E-state index contributed by atoms with van der Waals surface area (Å²) < 4.78 is 18.8. The Labute approximate surface area is 147 Å². The van der Waals surface area contributed by atoms with Gasteiger partial charge in [-0.3, -0.25) is 24.6 Å². The molecule has 0 aliphatic carbocycles. The quantitative estimate of drug-likeness (QED) is 0.667. The number of aryl methyl sites for hydroxylation is 1. The predicted molar refractivity (Wildman–Crippen MR) is 90.7 cm³/mol. The van der Waals surface area contributed by atoms with E-state index in [4.69, 9.17) is 4.74 Å². The van der Waals surface area contributed by atoms with Crippen molar-refractivity contribution in [2.75, 3.05) is 23.4 Å². The Kier molecular flexibility index (Phi) is 4.53. The molecule has 1 N–H and O–H groups in total. The van der Waals surface area contributed by atoms with Gasteiger partial charge in [0.2, 0.25) is 5.91 Å². The van der Waals surface area contributed by atoms with Gasteiger partial charge < -0.3 is 10.1 Å². The molecule has 1 aliphatic heterocycles. The lowest BCUT2D eigenvalue weighted by Crippen LogP contribution is -2.43. The van der Waals surface area contributed by atoms with Gasteiger partial charge in [0.05, 0.1) is 10.6 Å². The van der Waals surface area contributed by atoms with Gasteiger partial charge in [-0.15, -0.1) is 0 Å². The molecule has 3 rings (SSSR count). The Balaban J connectivity index is 1.81. The molecule has 134 valence electrons. The van der Waals surface area contributed by atoms with Crippen molar-refractivity contribution in [3.05, 3.63) is 57.9 Å². The predicted octanol–water partition coefficient (Wildman–Crippen LogP) is 2.41. The number of benzene rings is 2. The van der Waals surface area contributed by atoms with E-state index in [1.807, 2.05) is 0 Å². The fraction of sp³-hybridized carbons (Fsp3) is 0.176. The first-order valence-electron chi connectivity index (χ1n) is 7.63. The molecule has 0 fully saturated rings. The highest BCUT2D eigenvalue weighted by Gasteiger charge is 2.29. The Bertz CT molecular complexity index is 915.